The van der Waals surface area contributed by atoms with Crippen LogP contribution in [-0.4, -0.2) is 29.6 Å². The van der Waals surface area contributed by atoms with Crippen molar-refractivity contribution in [3.8, 4) is 11.5 Å². The van der Waals surface area contributed by atoms with Gasteiger partial charge in [-0.25, -0.2) is 0 Å². The predicted molar refractivity (Wildman–Crippen MR) is 198 cm³/mol. The first-order valence-corrected chi connectivity index (χ1v) is 18.4. The van der Waals surface area contributed by atoms with Gasteiger partial charge in [-0.05, 0) is 138 Å². The second-order valence-corrected chi connectivity index (χ2v) is 14.4. The van der Waals surface area contributed by atoms with Crippen molar-refractivity contribution >= 4 is 5.97 Å². The quantitative estimate of drug-likeness (QED) is 0.0911. The maximum atomic E-state index is 12.6. The first-order chi connectivity index (χ1) is 23.0. The molecule has 0 bridgehead atoms. The van der Waals surface area contributed by atoms with E-state index >= 15 is 0 Å². The molecular formula is C43H62O5. The van der Waals surface area contributed by atoms with Crippen molar-refractivity contribution in [1.29, 1.82) is 0 Å². The van der Waals surface area contributed by atoms with Crippen molar-refractivity contribution in [2.45, 2.75) is 142 Å². The van der Waals surface area contributed by atoms with E-state index in [2.05, 4.69) is 73.7 Å². The molecule has 0 spiro atoms. The van der Waals surface area contributed by atoms with Gasteiger partial charge in [-0.2, -0.15) is 0 Å². The lowest BCUT2D eigenvalue weighted by Gasteiger charge is -2.24. The lowest BCUT2D eigenvalue weighted by molar-refractivity contribution is -0.159. The number of hydrogen-bond donors (Lipinski definition) is 1. The number of carbonyl (C=O) groups is 1. The van der Waals surface area contributed by atoms with Crippen LogP contribution in [0.4, 0.5) is 0 Å². The molecule has 0 fully saturated rings. The van der Waals surface area contributed by atoms with E-state index in [9.17, 15) is 9.90 Å². The highest BCUT2D eigenvalue weighted by Crippen LogP contribution is 2.35. The van der Waals surface area contributed by atoms with Crippen LogP contribution in [0.1, 0.15) is 147 Å². The summed E-state index contributed by atoms with van der Waals surface area (Å²) in [5, 5.41) is 9.77. The Labute approximate surface area is 291 Å². The fourth-order valence-electron chi connectivity index (χ4n) is 6.72. The fraction of sp³-hybridized carbons (Fsp3) is 0.558. The number of ether oxygens (including phenoxy) is 3. The Morgan fingerprint density at radius 1 is 0.667 bits per heavy atom. The molecular weight excluding hydrogens is 596 g/mol. The van der Waals surface area contributed by atoms with E-state index in [0.29, 0.717) is 30.1 Å². The van der Waals surface area contributed by atoms with Crippen LogP contribution in [-0.2, 0) is 14.3 Å². The number of phenolic OH excluding ortho intramolecular Hbond substituents is 1. The second-order valence-electron chi connectivity index (χ2n) is 14.4. The lowest BCUT2D eigenvalue weighted by atomic mass is 9.83. The van der Waals surface area contributed by atoms with E-state index in [0.717, 1.165) is 70.0 Å². The molecule has 5 unspecified atom stereocenters. The summed E-state index contributed by atoms with van der Waals surface area (Å²) < 4.78 is 17.2. The Kier molecular flexibility index (Phi) is 16.5. The summed E-state index contributed by atoms with van der Waals surface area (Å²) >= 11 is 0. The minimum absolute atomic E-state index is 0.0953. The maximum absolute atomic E-state index is 12.6. The van der Waals surface area contributed by atoms with Gasteiger partial charge >= 0.3 is 5.97 Å². The highest BCUT2D eigenvalue weighted by Gasteiger charge is 2.22. The summed E-state index contributed by atoms with van der Waals surface area (Å²) in [7, 11) is 0. The van der Waals surface area contributed by atoms with Gasteiger partial charge in [0.1, 0.15) is 17.1 Å². The topological polar surface area (TPSA) is 65.0 Å². The molecule has 0 saturated heterocycles. The van der Waals surface area contributed by atoms with Crippen LogP contribution in [0.15, 0.2) is 78.9 Å². The number of rotatable bonds is 21. The molecule has 0 aliphatic carbocycles. The van der Waals surface area contributed by atoms with Gasteiger partial charge in [-0.1, -0.05) is 87.7 Å². The predicted octanol–water partition coefficient (Wildman–Crippen LogP) is 11.7. The van der Waals surface area contributed by atoms with Crippen molar-refractivity contribution in [1.82, 2.24) is 0 Å². The minimum Gasteiger partial charge on any atom is -0.508 e. The summed E-state index contributed by atoms with van der Waals surface area (Å²) in [4.78, 5) is 12.6. The monoisotopic (exact) mass is 658 g/mol. The lowest BCUT2D eigenvalue weighted by Crippen LogP contribution is -2.27. The SMILES string of the molecule is CCOC(C)Oc1ccc(C(CCCC(CC)c2ccc(O)cc2)CCCC(CCCC(C)C(=O)OC(C)(C)C)c2ccccc2)cc1. The number of carbonyl (C=O) groups excluding carboxylic acids is 1. The van der Waals surface area contributed by atoms with Gasteiger partial charge in [-0.3, -0.25) is 4.79 Å². The van der Waals surface area contributed by atoms with Crippen molar-refractivity contribution in [2.24, 2.45) is 5.92 Å². The normalized spacial score (nSPS) is 14.9. The summed E-state index contributed by atoms with van der Waals surface area (Å²) in [5.74, 6) is 2.39. The Morgan fingerprint density at radius 3 is 1.67 bits per heavy atom. The molecule has 3 aromatic rings. The maximum Gasteiger partial charge on any atom is 0.309 e. The zero-order valence-electron chi connectivity index (χ0n) is 30.8. The van der Waals surface area contributed by atoms with Gasteiger partial charge in [0.05, 0.1) is 5.92 Å². The number of phenols is 1. The molecule has 264 valence electrons. The second kappa shape index (κ2) is 20.3. The molecule has 3 aromatic carbocycles. The van der Waals surface area contributed by atoms with Gasteiger partial charge in [0.25, 0.3) is 0 Å². The number of esters is 1. The molecule has 3 rings (SSSR count). The van der Waals surface area contributed by atoms with Gasteiger partial charge in [0, 0.05) is 6.61 Å². The molecule has 0 radical (unpaired) electrons. The van der Waals surface area contributed by atoms with Gasteiger partial charge in [0.2, 0.25) is 0 Å². The zero-order chi connectivity index (χ0) is 34.9. The average molecular weight is 659 g/mol. The van der Waals surface area contributed by atoms with Crippen LogP contribution < -0.4 is 4.74 Å². The fourth-order valence-corrected chi connectivity index (χ4v) is 6.72. The highest BCUT2D eigenvalue weighted by atomic mass is 16.7. The summed E-state index contributed by atoms with van der Waals surface area (Å²) in [6, 6.07) is 27.3. The van der Waals surface area contributed by atoms with Crippen LogP contribution >= 0.6 is 0 Å². The van der Waals surface area contributed by atoms with Crippen molar-refractivity contribution in [2.75, 3.05) is 6.61 Å². The van der Waals surface area contributed by atoms with E-state index in [4.69, 9.17) is 14.2 Å². The van der Waals surface area contributed by atoms with Gasteiger partial charge in [0.15, 0.2) is 6.29 Å². The third-order valence-corrected chi connectivity index (χ3v) is 9.39. The van der Waals surface area contributed by atoms with E-state index in [1.807, 2.05) is 41.5 Å². The number of benzene rings is 3. The molecule has 0 amide bonds. The Morgan fingerprint density at radius 2 is 1.15 bits per heavy atom. The van der Waals surface area contributed by atoms with Crippen LogP contribution in [0.5, 0.6) is 11.5 Å². The molecule has 0 saturated carbocycles. The largest absolute Gasteiger partial charge is 0.508 e. The first-order valence-electron chi connectivity index (χ1n) is 18.4. The number of hydrogen-bond acceptors (Lipinski definition) is 5. The molecule has 5 atom stereocenters. The average Bonchev–Trinajstić information content (AvgIpc) is 3.05. The Bertz CT molecular complexity index is 1300. The number of aromatic hydroxyl groups is 1. The smallest absolute Gasteiger partial charge is 0.309 e. The first kappa shape index (κ1) is 39.1. The van der Waals surface area contributed by atoms with E-state index < -0.39 is 5.60 Å². The van der Waals surface area contributed by atoms with Crippen LogP contribution in [0.25, 0.3) is 0 Å². The molecule has 5 nitrogen and oxygen atoms in total. The van der Waals surface area contributed by atoms with Crippen LogP contribution in [0.3, 0.4) is 0 Å². The summed E-state index contributed by atoms with van der Waals surface area (Å²) in [6.45, 7) is 14.6. The van der Waals surface area contributed by atoms with Crippen LogP contribution in [0, 0.1) is 5.92 Å². The molecule has 48 heavy (non-hydrogen) atoms. The molecule has 0 heterocycles. The van der Waals surface area contributed by atoms with E-state index in [1.165, 1.54) is 16.7 Å². The molecule has 0 aromatic heterocycles. The highest BCUT2D eigenvalue weighted by molar-refractivity contribution is 5.72. The molecule has 5 heteroatoms. The Balaban J connectivity index is 1.66. The van der Waals surface area contributed by atoms with Gasteiger partial charge < -0.3 is 19.3 Å². The Hall–Kier alpha value is -3.31. The molecule has 0 aliphatic rings. The van der Waals surface area contributed by atoms with E-state index in [-0.39, 0.29) is 18.2 Å². The standard InChI is InChI=1S/C43H62O5/c1-8-34(38-24-28-40(44)29-25-38)19-14-21-37(39-26-30-41(31-27-39)47-33(4)46-9-2)23-15-22-36(35-17-11-10-12-18-35)20-13-16-32(3)42(45)48-43(5,6)7/h10-12,17-18,24-34,36-37,44H,8-9,13-16,19-23H2,1-7H3. The molecule has 0 aliphatic heterocycles. The van der Waals surface area contributed by atoms with Crippen molar-refractivity contribution < 1.29 is 24.1 Å². The van der Waals surface area contributed by atoms with Crippen LogP contribution in [0.2, 0.25) is 0 Å². The molecule has 1 N–H and O–H groups in total. The zero-order valence-corrected chi connectivity index (χ0v) is 30.8. The van der Waals surface area contributed by atoms with Gasteiger partial charge in [-0.15, -0.1) is 0 Å². The van der Waals surface area contributed by atoms with Crippen molar-refractivity contribution in [3.05, 3.63) is 95.6 Å². The third-order valence-electron chi connectivity index (χ3n) is 9.39. The van der Waals surface area contributed by atoms with Crippen molar-refractivity contribution in [3.63, 3.8) is 0 Å². The summed E-state index contributed by atoms with van der Waals surface area (Å²) in [6.07, 6.45) is 10.5. The summed E-state index contributed by atoms with van der Waals surface area (Å²) in [5.41, 5.74) is 3.62. The third kappa shape index (κ3) is 14.0. The van der Waals surface area contributed by atoms with E-state index in [1.54, 1.807) is 12.1 Å². The minimum atomic E-state index is -0.452.